The molecule has 0 amide bonds. The lowest BCUT2D eigenvalue weighted by molar-refractivity contribution is 0.811. The van der Waals surface area contributed by atoms with E-state index >= 15 is 0 Å². The van der Waals surface area contributed by atoms with Crippen LogP contribution in [0.3, 0.4) is 0 Å². The highest BCUT2D eigenvalue weighted by Gasteiger charge is 2.05. The standard InChI is InChI=1S/C12H18BrNS/c1-3-4-7-15-10-5-6-11(9(2)14)12(13)8-10/h5-6,8-9H,3-4,7,14H2,1-2H3/t9-/m0/s1. The molecule has 15 heavy (non-hydrogen) atoms. The minimum absolute atomic E-state index is 0.0917. The predicted octanol–water partition coefficient (Wildman–Crippen LogP) is 4.36. The maximum atomic E-state index is 5.85. The molecule has 0 saturated heterocycles. The van der Waals surface area contributed by atoms with Crippen LogP contribution in [-0.2, 0) is 0 Å². The minimum Gasteiger partial charge on any atom is -0.324 e. The Hall–Kier alpha value is 0.01000. The molecule has 1 aromatic carbocycles. The normalized spacial score (nSPS) is 12.8. The summed E-state index contributed by atoms with van der Waals surface area (Å²) in [5, 5.41) is 0. The van der Waals surface area contributed by atoms with Gasteiger partial charge in [0, 0.05) is 15.4 Å². The Morgan fingerprint density at radius 1 is 1.47 bits per heavy atom. The Morgan fingerprint density at radius 3 is 2.73 bits per heavy atom. The quantitative estimate of drug-likeness (QED) is 0.643. The monoisotopic (exact) mass is 287 g/mol. The SMILES string of the molecule is CCCCSc1ccc([C@H](C)N)c(Br)c1. The van der Waals surface area contributed by atoms with E-state index in [1.54, 1.807) is 0 Å². The van der Waals surface area contributed by atoms with Crippen molar-refractivity contribution in [1.29, 1.82) is 0 Å². The maximum absolute atomic E-state index is 5.85. The molecule has 0 unspecified atom stereocenters. The fourth-order valence-electron chi connectivity index (χ4n) is 1.30. The molecule has 0 heterocycles. The number of halogens is 1. The Bertz CT molecular complexity index is 312. The van der Waals surface area contributed by atoms with Crippen molar-refractivity contribution in [1.82, 2.24) is 0 Å². The number of benzene rings is 1. The summed E-state index contributed by atoms with van der Waals surface area (Å²) in [5.74, 6) is 1.19. The molecule has 0 aromatic heterocycles. The van der Waals surface area contributed by atoms with Crippen LogP contribution in [0.15, 0.2) is 27.6 Å². The van der Waals surface area contributed by atoms with Gasteiger partial charge in [0.25, 0.3) is 0 Å². The van der Waals surface area contributed by atoms with Gasteiger partial charge in [-0.3, -0.25) is 0 Å². The van der Waals surface area contributed by atoms with Gasteiger partial charge in [-0.15, -0.1) is 11.8 Å². The van der Waals surface area contributed by atoms with Crippen molar-refractivity contribution < 1.29 is 0 Å². The van der Waals surface area contributed by atoms with E-state index in [4.69, 9.17) is 5.73 Å². The smallest absolute Gasteiger partial charge is 0.0277 e. The second-order valence-electron chi connectivity index (χ2n) is 3.67. The second-order valence-corrected chi connectivity index (χ2v) is 5.70. The zero-order valence-electron chi connectivity index (χ0n) is 9.29. The van der Waals surface area contributed by atoms with Gasteiger partial charge in [-0.2, -0.15) is 0 Å². The summed E-state index contributed by atoms with van der Waals surface area (Å²) in [6.07, 6.45) is 2.53. The summed E-state index contributed by atoms with van der Waals surface area (Å²) in [7, 11) is 0. The van der Waals surface area contributed by atoms with Crippen LogP contribution in [-0.4, -0.2) is 5.75 Å². The molecule has 0 aliphatic rings. The molecule has 0 bridgehead atoms. The third-order valence-corrected chi connectivity index (χ3v) is 4.00. The molecule has 0 aliphatic heterocycles. The van der Waals surface area contributed by atoms with Gasteiger partial charge in [0.15, 0.2) is 0 Å². The Morgan fingerprint density at radius 2 is 2.20 bits per heavy atom. The summed E-state index contributed by atoms with van der Waals surface area (Å²) in [5.41, 5.74) is 7.03. The summed E-state index contributed by atoms with van der Waals surface area (Å²) >= 11 is 5.47. The molecule has 2 N–H and O–H groups in total. The van der Waals surface area contributed by atoms with E-state index in [1.807, 2.05) is 18.7 Å². The van der Waals surface area contributed by atoms with E-state index in [9.17, 15) is 0 Å². The molecule has 0 fully saturated rings. The van der Waals surface area contributed by atoms with Gasteiger partial charge in [0.1, 0.15) is 0 Å². The van der Waals surface area contributed by atoms with Crippen LogP contribution in [0.25, 0.3) is 0 Å². The Labute approximate surface area is 105 Å². The van der Waals surface area contributed by atoms with Crippen LogP contribution in [0.2, 0.25) is 0 Å². The van der Waals surface area contributed by atoms with Crippen LogP contribution in [0.4, 0.5) is 0 Å². The third kappa shape index (κ3) is 4.17. The Balaban J connectivity index is 2.65. The number of hydrogen-bond acceptors (Lipinski definition) is 2. The molecular weight excluding hydrogens is 270 g/mol. The molecule has 0 radical (unpaired) electrons. The molecule has 1 atom stereocenters. The largest absolute Gasteiger partial charge is 0.324 e. The van der Waals surface area contributed by atoms with E-state index in [0.29, 0.717) is 0 Å². The lowest BCUT2D eigenvalue weighted by Gasteiger charge is -2.10. The van der Waals surface area contributed by atoms with Crippen molar-refractivity contribution in [3.63, 3.8) is 0 Å². The van der Waals surface area contributed by atoms with E-state index in [2.05, 4.69) is 41.1 Å². The number of rotatable bonds is 5. The van der Waals surface area contributed by atoms with Crippen molar-refractivity contribution in [3.05, 3.63) is 28.2 Å². The molecule has 3 heteroatoms. The topological polar surface area (TPSA) is 26.0 Å². The van der Waals surface area contributed by atoms with Crippen molar-refractivity contribution in [3.8, 4) is 0 Å². The summed E-state index contributed by atoms with van der Waals surface area (Å²) in [4.78, 5) is 1.32. The third-order valence-electron chi connectivity index (χ3n) is 2.23. The fraction of sp³-hybridized carbons (Fsp3) is 0.500. The van der Waals surface area contributed by atoms with Gasteiger partial charge in [-0.25, -0.2) is 0 Å². The molecule has 0 aliphatic carbocycles. The first-order chi connectivity index (χ1) is 7.15. The first-order valence-corrected chi connectivity index (χ1v) is 7.10. The second kappa shape index (κ2) is 6.56. The first kappa shape index (κ1) is 13.1. The average Bonchev–Trinajstić information content (AvgIpc) is 2.17. The van der Waals surface area contributed by atoms with Crippen LogP contribution in [0, 0.1) is 0 Å². The van der Waals surface area contributed by atoms with Crippen LogP contribution >= 0.6 is 27.7 Å². The van der Waals surface area contributed by atoms with Crippen LogP contribution in [0.5, 0.6) is 0 Å². The lowest BCUT2D eigenvalue weighted by atomic mass is 10.1. The highest BCUT2D eigenvalue weighted by molar-refractivity contribution is 9.10. The van der Waals surface area contributed by atoms with Gasteiger partial charge < -0.3 is 5.73 Å². The zero-order valence-corrected chi connectivity index (χ0v) is 11.7. The van der Waals surface area contributed by atoms with E-state index in [-0.39, 0.29) is 6.04 Å². The molecular formula is C12H18BrNS. The molecule has 1 rings (SSSR count). The summed E-state index contributed by atoms with van der Waals surface area (Å²) in [6, 6.07) is 6.53. The highest BCUT2D eigenvalue weighted by atomic mass is 79.9. The highest BCUT2D eigenvalue weighted by Crippen LogP contribution is 2.28. The zero-order chi connectivity index (χ0) is 11.3. The Kier molecular flexibility index (Phi) is 5.72. The van der Waals surface area contributed by atoms with Gasteiger partial charge in [0.05, 0.1) is 0 Å². The number of hydrogen-bond donors (Lipinski definition) is 1. The van der Waals surface area contributed by atoms with Crippen LogP contribution in [0.1, 0.15) is 38.3 Å². The lowest BCUT2D eigenvalue weighted by Crippen LogP contribution is -2.05. The number of unbranched alkanes of at least 4 members (excludes halogenated alkanes) is 1. The van der Waals surface area contributed by atoms with Crippen molar-refractivity contribution in [2.75, 3.05) is 5.75 Å². The number of thioether (sulfide) groups is 1. The number of nitrogens with two attached hydrogens (primary N) is 1. The van der Waals surface area contributed by atoms with Crippen molar-refractivity contribution in [2.45, 2.75) is 37.6 Å². The molecule has 0 spiro atoms. The molecule has 1 aromatic rings. The predicted molar refractivity (Wildman–Crippen MR) is 72.4 cm³/mol. The maximum Gasteiger partial charge on any atom is 0.0277 e. The fourth-order valence-corrected chi connectivity index (χ4v) is 3.23. The van der Waals surface area contributed by atoms with Gasteiger partial charge >= 0.3 is 0 Å². The van der Waals surface area contributed by atoms with Crippen LogP contribution < -0.4 is 5.73 Å². The molecule has 1 nitrogen and oxygen atoms in total. The average molecular weight is 288 g/mol. The van der Waals surface area contributed by atoms with Gasteiger partial charge in [-0.05, 0) is 36.8 Å². The van der Waals surface area contributed by atoms with Gasteiger partial charge in [0.2, 0.25) is 0 Å². The van der Waals surface area contributed by atoms with E-state index in [1.165, 1.54) is 29.1 Å². The van der Waals surface area contributed by atoms with E-state index < -0.39 is 0 Å². The minimum atomic E-state index is 0.0917. The molecule has 84 valence electrons. The van der Waals surface area contributed by atoms with Crippen molar-refractivity contribution in [2.24, 2.45) is 5.73 Å². The first-order valence-electron chi connectivity index (χ1n) is 5.33. The van der Waals surface area contributed by atoms with Crippen molar-refractivity contribution >= 4 is 27.7 Å². The summed E-state index contributed by atoms with van der Waals surface area (Å²) < 4.78 is 1.12. The van der Waals surface area contributed by atoms with E-state index in [0.717, 1.165) is 4.47 Å². The summed E-state index contributed by atoms with van der Waals surface area (Å²) in [6.45, 7) is 4.22. The molecule has 0 saturated carbocycles. The van der Waals surface area contributed by atoms with Gasteiger partial charge in [-0.1, -0.05) is 35.3 Å².